The summed E-state index contributed by atoms with van der Waals surface area (Å²) in [5.41, 5.74) is 3.46. The molecule has 2 aromatic carbocycles. The molecule has 0 amide bonds. The molecule has 0 spiro atoms. The number of nitrogens with zero attached hydrogens (tertiary/aromatic N) is 3. The maximum atomic E-state index is 9.19. The van der Waals surface area contributed by atoms with Gasteiger partial charge in [-0.2, -0.15) is 5.26 Å². The number of benzene rings is 2. The first-order chi connectivity index (χ1) is 11.6. The maximum Gasteiger partial charge on any atom is 0.136 e. The number of aryl methyl sites for hydroxylation is 2. The normalized spacial score (nSPS) is 10.0. The molecule has 0 fully saturated rings. The van der Waals surface area contributed by atoms with Crippen LogP contribution in [0.25, 0.3) is 0 Å². The fourth-order valence-corrected chi connectivity index (χ4v) is 2.31. The van der Waals surface area contributed by atoms with Crippen molar-refractivity contribution in [3.8, 4) is 6.07 Å². The van der Waals surface area contributed by atoms with Crippen LogP contribution in [0.4, 0.5) is 23.0 Å². The average Bonchev–Trinajstić information content (AvgIpc) is 2.57. The first-order valence-electron chi connectivity index (χ1n) is 7.59. The average molecular weight is 315 g/mol. The molecule has 3 rings (SSSR count). The van der Waals surface area contributed by atoms with E-state index < -0.39 is 0 Å². The van der Waals surface area contributed by atoms with E-state index in [4.69, 9.17) is 0 Å². The molecule has 3 aromatic rings. The molecule has 1 heterocycles. The van der Waals surface area contributed by atoms with E-state index in [9.17, 15) is 5.26 Å². The number of hydrogen-bond donors (Lipinski definition) is 2. The number of nitriles is 1. The molecule has 0 unspecified atom stereocenters. The molecule has 1 aromatic heterocycles. The predicted molar refractivity (Wildman–Crippen MR) is 95.7 cm³/mol. The van der Waals surface area contributed by atoms with Crippen LogP contribution in [0.2, 0.25) is 0 Å². The molecule has 0 aliphatic rings. The van der Waals surface area contributed by atoms with Gasteiger partial charge in [0, 0.05) is 11.8 Å². The molecule has 5 nitrogen and oxygen atoms in total. The quantitative estimate of drug-likeness (QED) is 0.744. The van der Waals surface area contributed by atoms with Crippen LogP contribution in [0.3, 0.4) is 0 Å². The van der Waals surface area contributed by atoms with E-state index in [0.29, 0.717) is 23.0 Å². The second-order valence-corrected chi connectivity index (χ2v) is 5.46. The smallest absolute Gasteiger partial charge is 0.136 e. The molecular weight excluding hydrogens is 298 g/mol. The van der Waals surface area contributed by atoms with Crippen LogP contribution < -0.4 is 10.6 Å². The van der Waals surface area contributed by atoms with Crippen molar-refractivity contribution < 1.29 is 0 Å². The van der Waals surface area contributed by atoms with Crippen molar-refractivity contribution in [3.05, 3.63) is 71.5 Å². The standard InChI is InChI=1S/C19H17N5/c1-13-7-9-16(10-8-13)23-18-11-19(22-14(2)21-18)24-17-6-4-3-5-15(17)12-20/h3-11H,1-2H3,(H2,21,22,23,24). The van der Waals surface area contributed by atoms with Crippen molar-refractivity contribution in [2.75, 3.05) is 10.6 Å². The lowest BCUT2D eigenvalue weighted by Gasteiger charge is -2.11. The van der Waals surface area contributed by atoms with Crippen molar-refractivity contribution >= 4 is 23.0 Å². The number of para-hydroxylation sites is 1. The zero-order valence-electron chi connectivity index (χ0n) is 13.5. The first-order valence-corrected chi connectivity index (χ1v) is 7.59. The fourth-order valence-electron chi connectivity index (χ4n) is 2.31. The largest absolute Gasteiger partial charge is 0.340 e. The summed E-state index contributed by atoms with van der Waals surface area (Å²) < 4.78 is 0. The fraction of sp³-hybridized carbons (Fsp3) is 0.105. The minimum atomic E-state index is 0.571. The van der Waals surface area contributed by atoms with Crippen molar-refractivity contribution in [2.45, 2.75) is 13.8 Å². The lowest BCUT2D eigenvalue weighted by molar-refractivity contribution is 1.06. The summed E-state index contributed by atoms with van der Waals surface area (Å²) in [5, 5.41) is 15.6. The van der Waals surface area contributed by atoms with Gasteiger partial charge in [-0.25, -0.2) is 9.97 Å². The third kappa shape index (κ3) is 3.68. The van der Waals surface area contributed by atoms with Crippen LogP contribution in [0.1, 0.15) is 17.0 Å². The second kappa shape index (κ2) is 6.80. The summed E-state index contributed by atoms with van der Waals surface area (Å²) in [5.74, 6) is 1.98. The molecule has 0 aliphatic heterocycles. The third-order valence-corrected chi connectivity index (χ3v) is 3.47. The lowest BCUT2D eigenvalue weighted by Crippen LogP contribution is -2.02. The zero-order chi connectivity index (χ0) is 16.9. The van der Waals surface area contributed by atoms with Gasteiger partial charge < -0.3 is 10.6 Å². The topological polar surface area (TPSA) is 73.6 Å². The van der Waals surface area contributed by atoms with Gasteiger partial charge in [0.2, 0.25) is 0 Å². The summed E-state index contributed by atoms with van der Waals surface area (Å²) in [6.07, 6.45) is 0. The monoisotopic (exact) mass is 315 g/mol. The predicted octanol–water partition coefficient (Wildman–Crippen LogP) is 4.45. The Morgan fingerprint density at radius 2 is 1.54 bits per heavy atom. The van der Waals surface area contributed by atoms with Gasteiger partial charge in [-0.15, -0.1) is 0 Å². The molecule has 24 heavy (non-hydrogen) atoms. The van der Waals surface area contributed by atoms with Crippen molar-refractivity contribution in [2.24, 2.45) is 0 Å². The molecule has 5 heteroatoms. The van der Waals surface area contributed by atoms with E-state index >= 15 is 0 Å². The Kier molecular flexibility index (Phi) is 4.39. The van der Waals surface area contributed by atoms with E-state index in [1.54, 1.807) is 6.07 Å². The van der Waals surface area contributed by atoms with Gasteiger partial charge in [0.1, 0.15) is 23.5 Å². The highest BCUT2D eigenvalue weighted by Crippen LogP contribution is 2.22. The van der Waals surface area contributed by atoms with E-state index in [-0.39, 0.29) is 0 Å². The lowest BCUT2D eigenvalue weighted by atomic mass is 10.2. The van der Waals surface area contributed by atoms with Gasteiger partial charge in [0.15, 0.2) is 0 Å². The zero-order valence-corrected chi connectivity index (χ0v) is 13.5. The Balaban J connectivity index is 1.86. The molecule has 0 bridgehead atoms. The van der Waals surface area contributed by atoms with Crippen molar-refractivity contribution in [1.29, 1.82) is 5.26 Å². The molecule has 0 saturated heterocycles. The molecule has 0 radical (unpaired) electrons. The Hall–Kier alpha value is -3.39. The maximum absolute atomic E-state index is 9.19. The molecule has 2 N–H and O–H groups in total. The van der Waals surface area contributed by atoms with E-state index in [1.807, 2.05) is 62.4 Å². The molecular formula is C19H17N5. The van der Waals surface area contributed by atoms with Crippen molar-refractivity contribution in [1.82, 2.24) is 9.97 Å². The summed E-state index contributed by atoms with van der Waals surface area (Å²) >= 11 is 0. The second-order valence-electron chi connectivity index (χ2n) is 5.46. The Morgan fingerprint density at radius 1 is 0.875 bits per heavy atom. The minimum Gasteiger partial charge on any atom is -0.340 e. The van der Waals surface area contributed by atoms with Gasteiger partial charge in [-0.1, -0.05) is 29.8 Å². The third-order valence-electron chi connectivity index (χ3n) is 3.47. The summed E-state index contributed by atoms with van der Waals surface area (Å²) in [7, 11) is 0. The molecule has 118 valence electrons. The number of aromatic nitrogens is 2. The van der Waals surface area contributed by atoms with Crippen LogP contribution in [0, 0.1) is 25.2 Å². The van der Waals surface area contributed by atoms with Gasteiger partial charge in [-0.3, -0.25) is 0 Å². The minimum absolute atomic E-state index is 0.571. The van der Waals surface area contributed by atoms with Gasteiger partial charge in [0.05, 0.1) is 11.3 Å². The highest BCUT2D eigenvalue weighted by molar-refractivity contribution is 5.67. The van der Waals surface area contributed by atoms with Crippen LogP contribution in [0.5, 0.6) is 0 Å². The number of hydrogen-bond acceptors (Lipinski definition) is 5. The van der Waals surface area contributed by atoms with E-state index in [1.165, 1.54) is 5.56 Å². The van der Waals surface area contributed by atoms with Crippen LogP contribution in [-0.2, 0) is 0 Å². The highest BCUT2D eigenvalue weighted by atomic mass is 15.1. The first kappa shape index (κ1) is 15.5. The van der Waals surface area contributed by atoms with E-state index in [2.05, 4.69) is 26.7 Å². The summed E-state index contributed by atoms with van der Waals surface area (Å²) in [6.45, 7) is 3.88. The highest BCUT2D eigenvalue weighted by Gasteiger charge is 2.06. The number of rotatable bonds is 4. The van der Waals surface area contributed by atoms with Crippen LogP contribution in [-0.4, -0.2) is 9.97 Å². The van der Waals surface area contributed by atoms with E-state index in [0.717, 1.165) is 11.4 Å². The number of nitrogens with one attached hydrogen (secondary N) is 2. The summed E-state index contributed by atoms with van der Waals surface area (Å²) in [4.78, 5) is 8.80. The van der Waals surface area contributed by atoms with Crippen LogP contribution >= 0.6 is 0 Å². The van der Waals surface area contributed by atoms with Gasteiger partial charge in [0.25, 0.3) is 0 Å². The summed E-state index contributed by atoms with van der Waals surface area (Å²) in [6, 6.07) is 19.4. The molecule has 0 aliphatic carbocycles. The molecule has 0 saturated carbocycles. The SMILES string of the molecule is Cc1ccc(Nc2cc(Nc3ccccc3C#N)nc(C)n2)cc1. The van der Waals surface area contributed by atoms with Gasteiger partial charge in [-0.05, 0) is 38.1 Å². The van der Waals surface area contributed by atoms with Crippen LogP contribution in [0.15, 0.2) is 54.6 Å². The molecule has 0 atom stereocenters. The van der Waals surface area contributed by atoms with Gasteiger partial charge >= 0.3 is 0 Å². The van der Waals surface area contributed by atoms with Crippen molar-refractivity contribution in [3.63, 3.8) is 0 Å². The Bertz CT molecular complexity index is 894. The number of anilines is 4. The Morgan fingerprint density at radius 3 is 2.25 bits per heavy atom. The Labute approximate surface area is 141 Å².